The van der Waals surface area contributed by atoms with E-state index in [-0.39, 0.29) is 23.2 Å². The third-order valence-electron chi connectivity index (χ3n) is 5.25. The van der Waals surface area contributed by atoms with Gasteiger partial charge >= 0.3 is 5.97 Å². The number of hydrogen-bond donors (Lipinski definition) is 0. The molecule has 28 heavy (non-hydrogen) atoms. The van der Waals surface area contributed by atoms with E-state index in [1.54, 1.807) is 6.08 Å². The molecule has 2 aliphatic rings. The second-order valence-corrected chi connectivity index (χ2v) is 8.74. The minimum absolute atomic E-state index is 0.0522. The Balaban J connectivity index is 1.71. The first-order chi connectivity index (χ1) is 13.4. The van der Waals surface area contributed by atoms with Crippen molar-refractivity contribution in [2.24, 2.45) is 5.41 Å². The van der Waals surface area contributed by atoms with Crippen LogP contribution >= 0.6 is 0 Å². The molecule has 0 bridgehead atoms. The van der Waals surface area contributed by atoms with Crippen LogP contribution < -0.4 is 0 Å². The van der Waals surface area contributed by atoms with Crippen molar-refractivity contribution >= 4 is 18.1 Å². The molecule has 0 saturated heterocycles. The van der Waals surface area contributed by atoms with E-state index in [0.29, 0.717) is 6.61 Å². The molecule has 2 aromatic rings. The van der Waals surface area contributed by atoms with Gasteiger partial charge in [0.05, 0.1) is 6.61 Å². The van der Waals surface area contributed by atoms with Crippen LogP contribution in [0.4, 0.5) is 0 Å². The van der Waals surface area contributed by atoms with Gasteiger partial charge in [0.25, 0.3) is 0 Å². The van der Waals surface area contributed by atoms with Crippen molar-refractivity contribution < 1.29 is 9.53 Å². The molecule has 0 N–H and O–H groups in total. The maximum absolute atomic E-state index is 12.7. The number of allylic oxidation sites excluding steroid dienone is 3. The standard InChI is InChI=1S/C26H26O2/c1-26(2,3)17-28-25(27)16-24(22-14-12-18-8-4-6-10-20(18)22)23-15-13-19-9-5-7-11-21(19)23/h4-16,22-23H,17H2,1-3H3. The SMILES string of the molecule is CC(C)(C)COC(=O)C=C(C1C=Cc2ccccc21)C1C=Cc2ccccc21. The second kappa shape index (κ2) is 7.27. The van der Waals surface area contributed by atoms with Crippen LogP contribution in [0.3, 0.4) is 0 Å². The normalized spacial score (nSPS) is 19.2. The van der Waals surface area contributed by atoms with Gasteiger partial charge in [-0.25, -0.2) is 4.79 Å². The number of hydrogen-bond acceptors (Lipinski definition) is 2. The molecule has 0 amide bonds. The van der Waals surface area contributed by atoms with Crippen molar-refractivity contribution in [1.29, 1.82) is 0 Å². The molecule has 2 heteroatoms. The largest absolute Gasteiger partial charge is 0.462 e. The molecular weight excluding hydrogens is 344 g/mol. The highest BCUT2D eigenvalue weighted by atomic mass is 16.5. The predicted molar refractivity (Wildman–Crippen MR) is 115 cm³/mol. The van der Waals surface area contributed by atoms with E-state index < -0.39 is 0 Å². The van der Waals surface area contributed by atoms with Gasteiger partial charge in [-0.15, -0.1) is 0 Å². The van der Waals surface area contributed by atoms with Crippen molar-refractivity contribution in [3.05, 3.63) is 94.6 Å². The van der Waals surface area contributed by atoms with Crippen molar-refractivity contribution in [1.82, 2.24) is 0 Å². The summed E-state index contributed by atoms with van der Waals surface area (Å²) < 4.78 is 5.57. The number of benzene rings is 2. The molecule has 142 valence electrons. The van der Waals surface area contributed by atoms with Crippen LogP contribution in [0.5, 0.6) is 0 Å². The number of rotatable bonds is 4. The zero-order valence-electron chi connectivity index (χ0n) is 16.7. The summed E-state index contributed by atoms with van der Waals surface area (Å²) in [4.78, 5) is 12.7. The molecule has 2 aromatic carbocycles. The van der Waals surface area contributed by atoms with Gasteiger partial charge < -0.3 is 4.74 Å². The van der Waals surface area contributed by atoms with Gasteiger partial charge in [0.1, 0.15) is 0 Å². The molecule has 4 rings (SSSR count). The lowest BCUT2D eigenvalue weighted by Gasteiger charge is -2.23. The molecule has 2 nitrogen and oxygen atoms in total. The van der Waals surface area contributed by atoms with Crippen LogP contribution in [0.1, 0.15) is 54.9 Å². The van der Waals surface area contributed by atoms with Gasteiger partial charge in [-0.3, -0.25) is 0 Å². The van der Waals surface area contributed by atoms with Crippen LogP contribution in [0.15, 0.2) is 72.3 Å². The maximum Gasteiger partial charge on any atom is 0.330 e. The summed E-state index contributed by atoms with van der Waals surface area (Å²) in [5, 5.41) is 0. The third kappa shape index (κ3) is 3.73. The number of carbonyl (C=O) groups is 1. The number of fused-ring (bicyclic) bond motifs is 2. The smallest absolute Gasteiger partial charge is 0.330 e. The molecule has 0 spiro atoms. The Bertz CT molecular complexity index is 922. The van der Waals surface area contributed by atoms with Crippen LogP contribution in [-0.4, -0.2) is 12.6 Å². The Morgan fingerprint density at radius 1 is 0.893 bits per heavy atom. The zero-order valence-corrected chi connectivity index (χ0v) is 16.7. The lowest BCUT2D eigenvalue weighted by atomic mass is 9.81. The fourth-order valence-electron chi connectivity index (χ4n) is 3.92. The Labute approximate surface area is 167 Å². The van der Waals surface area contributed by atoms with E-state index in [1.807, 2.05) is 0 Å². The lowest BCUT2D eigenvalue weighted by Crippen LogP contribution is -2.18. The quantitative estimate of drug-likeness (QED) is 0.478. The Hall–Kier alpha value is -2.87. The predicted octanol–water partition coefficient (Wildman–Crippen LogP) is 6.12. The lowest BCUT2D eigenvalue weighted by molar-refractivity contribution is -0.140. The first-order valence-corrected chi connectivity index (χ1v) is 9.85. The van der Waals surface area contributed by atoms with E-state index in [9.17, 15) is 4.79 Å². The summed E-state index contributed by atoms with van der Waals surface area (Å²) in [6.07, 6.45) is 10.4. The summed E-state index contributed by atoms with van der Waals surface area (Å²) in [7, 11) is 0. The second-order valence-electron chi connectivity index (χ2n) is 8.74. The van der Waals surface area contributed by atoms with Gasteiger partial charge in [-0.05, 0) is 33.2 Å². The van der Waals surface area contributed by atoms with Crippen molar-refractivity contribution in [3.8, 4) is 0 Å². The van der Waals surface area contributed by atoms with Gasteiger partial charge in [0.2, 0.25) is 0 Å². The Morgan fingerprint density at radius 2 is 1.39 bits per heavy atom. The molecule has 0 radical (unpaired) electrons. The van der Waals surface area contributed by atoms with Crippen molar-refractivity contribution in [2.45, 2.75) is 32.6 Å². The monoisotopic (exact) mass is 370 g/mol. The van der Waals surface area contributed by atoms with E-state index in [2.05, 4.69) is 93.6 Å². The number of carbonyl (C=O) groups excluding carboxylic acids is 1. The third-order valence-corrected chi connectivity index (χ3v) is 5.25. The molecule has 2 aliphatic carbocycles. The molecule has 2 unspecified atom stereocenters. The Morgan fingerprint density at radius 3 is 1.89 bits per heavy atom. The number of esters is 1. The molecule has 0 heterocycles. The maximum atomic E-state index is 12.7. The fraction of sp³-hybridized carbons (Fsp3) is 0.269. The fourth-order valence-corrected chi connectivity index (χ4v) is 3.92. The summed E-state index contributed by atoms with van der Waals surface area (Å²) in [6.45, 7) is 6.61. The Kier molecular flexibility index (Phi) is 4.80. The topological polar surface area (TPSA) is 26.3 Å². The molecule has 0 fully saturated rings. The first-order valence-electron chi connectivity index (χ1n) is 9.85. The summed E-state index contributed by atoms with van der Waals surface area (Å²) in [5.41, 5.74) is 5.95. The highest BCUT2D eigenvalue weighted by Gasteiger charge is 2.30. The van der Waals surface area contributed by atoms with Gasteiger partial charge in [-0.1, -0.05) is 93.6 Å². The highest BCUT2D eigenvalue weighted by molar-refractivity contribution is 5.85. The molecule has 0 saturated carbocycles. The molecular formula is C26H26O2. The molecule has 0 aliphatic heterocycles. The van der Waals surface area contributed by atoms with E-state index in [1.165, 1.54) is 22.3 Å². The van der Waals surface area contributed by atoms with E-state index in [0.717, 1.165) is 5.57 Å². The summed E-state index contributed by atoms with van der Waals surface area (Å²) in [5.74, 6) is -0.0983. The summed E-state index contributed by atoms with van der Waals surface area (Å²) in [6, 6.07) is 16.8. The van der Waals surface area contributed by atoms with E-state index >= 15 is 0 Å². The first kappa shape index (κ1) is 18.5. The van der Waals surface area contributed by atoms with Crippen LogP contribution in [-0.2, 0) is 9.53 Å². The minimum Gasteiger partial charge on any atom is -0.462 e. The summed E-state index contributed by atoms with van der Waals surface area (Å²) >= 11 is 0. The number of ether oxygens (including phenoxy) is 1. The average molecular weight is 370 g/mol. The zero-order chi connectivity index (χ0) is 19.7. The van der Waals surface area contributed by atoms with Crippen LogP contribution in [0, 0.1) is 5.41 Å². The van der Waals surface area contributed by atoms with Crippen molar-refractivity contribution in [2.75, 3.05) is 6.61 Å². The van der Waals surface area contributed by atoms with Gasteiger partial charge in [0, 0.05) is 17.9 Å². The molecule has 2 atom stereocenters. The average Bonchev–Trinajstić information content (AvgIpc) is 3.28. The van der Waals surface area contributed by atoms with Gasteiger partial charge in [-0.2, -0.15) is 0 Å². The highest BCUT2D eigenvalue weighted by Crippen LogP contribution is 2.45. The minimum atomic E-state index is -0.263. The van der Waals surface area contributed by atoms with Gasteiger partial charge in [0.15, 0.2) is 0 Å². The van der Waals surface area contributed by atoms with Crippen molar-refractivity contribution in [3.63, 3.8) is 0 Å². The molecule has 0 aromatic heterocycles. The van der Waals surface area contributed by atoms with E-state index in [4.69, 9.17) is 4.74 Å². The van der Waals surface area contributed by atoms with Crippen LogP contribution in [0.2, 0.25) is 0 Å². The van der Waals surface area contributed by atoms with Crippen LogP contribution in [0.25, 0.3) is 12.2 Å².